The predicted molar refractivity (Wildman–Crippen MR) is 123 cm³/mol. The van der Waals surface area contributed by atoms with Crippen LogP contribution in [-0.4, -0.2) is 28.2 Å². The fourth-order valence-corrected chi connectivity index (χ4v) is 4.28. The van der Waals surface area contributed by atoms with Crippen molar-refractivity contribution in [2.24, 2.45) is 0 Å². The van der Waals surface area contributed by atoms with Crippen molar-refractivity contribution >= 4 is 27.3 Å². The summed E-state index contributed by atoms with van der Waals surface area (Å²) in [6.45, 7) is 3.89. The van der Waals surface area contributed by atoms with Crippen LogP contribution in [0.3, 0.4) is 0 Å². The summed E-state index contributed by atoms with van der Waals surface area (Å²) in [6, 6.07) is 16.7. The lowest BCUT2D eigenvalue weighted by Gasteiger charge is -2.10. The second kappa shape index (κ2) is 8.97. The Kier molecular flexibility index (Phi) is 6.11. The maximum Gasteiger partial charge on any atom is 0.238 e. The number of rotatable bonds is 7. The van der Waals surface area contributed by atoms with E-state index in [4.69, 9.17) is 16.3 Å². The van der Waals surface area contributed by atoms with Crippen LogP contribution in [0.25, 0.3) is 5.82 Å². The number of sulfonamides is 1. The third-order valence-electron chi connectivity index (χ3n) is 4.74. The maximum absolute atomic E-state index is 12.4. The van der Waals surface area contributed by atoms with Gasteiger partial charge in [0, 0.05) is 22.5 Å². The number of imidazole rings is 1. The van der Waals surface area contributed by atoms with Crippen LogP contribution in [-0.2, 0) is 15.8 Å². The van der Waals surface area contributed by atoms with E-state index in [2.05, 4.69) is 19.9 Å². The molecule has 0 radical (unpaired) electrons. The number of aryl methyl sites for hydroxylation is 1. The van der Waals surface area contributed by atoms with E-state index in [0.29, 0.717) is 33.7 Å². The Labute approximate surface area is 190 Å². The van der Waals surface area contributed by atoms with Crippen LogP contribution in [0.15, 0.2) is 67.0 Å². The van der Waals surface area contributed by atoms with Crippen molar-refractivity contribution in [2.75, 3.05) is 4.72 Å². The van der Waals surface area contributed by atoms with Crippen LogP contribution >= 0.6 is 11.6 Å². The highest BCUT2D eigenvalue weighted by atomic mass is 35.5. The van der Waals surface area contributed by atoms with Crippen LogP contribution in [0.2, 0.25) is 5.02 Å². The molecule has 4 aromatic rings. The molecule has 0 fully saturated rings. The second-order valence-corrected chi connectivity index (χ2v) is 9.29. The summed E-state index contributed by atoms with van der Waals surface area (Å²) in [5, 5.41) is 8.83. The van der Waals surface area contributed by atoms with Gasteiger partial charge in [-0.1, -0.05) is 23.7 Å². The minimum absolute atomic E-state index is 0.153. The summed E-state index contributed by atoms with van der Waals surface area (Å²) in [5.74, 6) is 1.31. The molecule has 10 heteroatoms. The molecule has 164 valence electrons. The van der Waals surface area contributed by atoms with Crippen LogP contribution in [0, 0.1) is 13.8 Å². The van der Waals surface area contributed by atoms with Gasteiger partial charge in [-0.25, -0.2) is 13.4 Å². The molecule has 0 saturated carbocycles. The van der Waals surface area contributed by atoms with Crippen LogP contribution in [0.1, 0.15) is 17.0 Å². The van der Waals surface area contributed by atoms with Gasteiger partial charge >= 0.3 is 0 Å². The fourth-order valence-electron chi connectivity index (χ4n) is 2.95. The SMILES string of the molecule is Cc1ncn(-c2ccc(Oc3ccc(NS(=O)(=O)Cc4ccc(Cl)cc4)cc3)nn2)c1C. The zero-order valence-corrected chi connectivity index (χ0v) is 18.9. The number of halogens is 1. The summed E-state index contributed by atoms with van der Waals surface area (Å²) in [5.41, 5.74) is 2.99. The molecule has 0 aliphatic heterocycles. The van der Waals surface area contributed by atoms with Crippen molar-refractivity contribution < 1.29 is 13.2 Å². The van der Waals surface area contributed by atoms with Crippen molar-refractivity contribution in [3.05, 3.63) is 89.0 Å². The summed E-state index contributed by atoms with van der Waals surface area (Å²) in [4.78, 5) is 4.25. The number of hydrogen-bond acceptors (Lipinski definition) is 6. The van der Waals surface area contributed by atoms with Crippen molar-refractivity contribution in [1.29, 1.82) is 0 Å². The zero-order chi connectivity index (χ0) is 22.7. The molecule has 1 N–H and O–H groups in total. The smallest absolute Gasteiger partial charge is 0.238 e. The minimum Gasteiger partial charge on any atom is -0.438 e. The Morgan fingerprint density at radius 2 is 1.69 bits per heavy atom. The molecule has 2 aromatic heterocycles. The van der Waals surface area contributed by atoms with Gasteiger partial charge in [-0.05, 0) is 61.9 Å². The maximum atomic E-state index is 12.4. The number of ether oxygens (including phenoxy) is 1. The number of nitrogens with one attached hydrogen (secondary N) is 1. The number of benzene rings is 2. The van der Waals surface area contributed by atoms with Crippen molar-refractivity contribution in [3.8, 4) is 17.4 Å². The van der Waals surface area contributed by atoms with Gasteiger partial charge in [0.05, 0.1) is 11.4 Å². The third kappa shape index (κ3) is 5.24. The molecule has 2 aromatic carbocycles. The molecule has 8 nitrogen and oxygen atoms in total. The number of hydrogen-bond donors (Lipinski definition) is 1. The third-order valence-corrected chi connectivity index (χ3v) is 6.26. The van der Waals surface area contributed by atoms with Crippen LogP contribution < -0.4 is 9.46 Å². The molecule has 0 spiro atoms. The van der Waals surface area contributed by atoms with Crippen LogP contribution in [0.4, 0.5) is 5.69 Å². The van der Waals surface area contributed by atoms with Gasteiger partial charge in [0.15, 0.2) is 5.82 Å². The highest BCUT2D eigenvalue weighted by Gasteiger charge is 2.12. The molecule has 0 saturated heterocycles. The number of aromatic nitrogens is 4. The number of anilines is 1. The molecule has 4 rings (SSSR count). The Morgan fingerprint density at radius 1 is 0.969 bits per heavy atom. The highest BCUT2D eigenvalue weighted by molar-refractivity contribution is 7.91. The minimum atomic E-state index is -3.57. The van der Waals surface area contributed by atoms with E-state index in [-0.39, 0.29) is 5.75 Å². The Balaban J connectivity index is 1.39. The van der Waals surface area contributed by atoms with Crippen molar-refractivity contribution in [1.82, 2.24) is 19.7 Å². The molecule has 32 heavy (non-hydrogen) atoms. The lowest BCUT2D eigenvalue weighted by atomic mass is 10.2. The van der Waals surface area contributed by atoms with Crippen molar-refractivity contribution in [3.63, 3.8) is 0 Å². The number of nitrogens with zero attached hydrogens (tertiary/aromatic N) is 4. The Hall–Kier alpha value is -3.43. The molecule has 0 aliphatic rings. The molecular weight excluding hydrogens is 450 g/mol. The summed E-state index contributed by atoms with van der Waals surface area (Å²) >= 11 is 5.84. The molecule has 0 aliphatic carbocycles. The summed E-state index contributed by atoms with van der Waals surface area (Å²) in [7, 11) is -3.57. The first-order valence-electron chi connectivity index (χ1n) is 9.66. The molecule has 0 atom stereocenters. The van der Waals surface area contributed by atoms with Gasteiger partial charge in [-0.3, -0.25) is 9.29 Å². The first-order chi connectivity index (χ1) is 15.3. The van der Waals surface area contributed by atoms with Crippen molar-refractivity contribution in [2.45, 2.75) is 19.6 Å². The summed E-state index contributed by atoms with van der Waals surface area (Å²) < 4.78 is 34.9. The van der Waals surface area contributed by atoms with E-state index in [1.54, 1.807) is 67.0 Å². The van der Waals surface area contributed by atoms with Crippen LogP contribution in [0.5, 0.6) is 11.6 Å². The molecule has 0 unspecified atom stereocenters. The summed E-state index contributed by atoms with van der Waals surface area (Å²) in [6.07, 6.45) is 1.70. The molecule has 2 heterocycles. The fraction of sp³-hybridized carbons (Fsp3) is 0.136. The molecule has 0 bridgehead atoms. The second-order valence-electron chi connectivity index (χ2n) is 7.13. The standard InChI is InChI=1S/C22H20ClN5O3S/c1-15-16(2)28(14-24-15)21-11-12-22(26-25-21)31-20-9-7-19(8-10-20)27-32(29,30)13-17-3-5-18(23)6-4-17/h3-12,14,27H,13H2,1-2H3. The van der Waals surface area contributed by atoms with E-state index in [0.717, 1.165) is 11.4 Å². The van der Waals surface area contributed by atoms with Gasteiger partial charge in [-0.15, -0.1) is 10.2 Å². The van der Waals surface area contributed by atoms with Gasteiger partial charge < -0.3 is 4.74 Å². The highest BCUT2D eigenvalue weighted by Crippen LogP contribution is 2.23. The van der Waals surface area contributed by atoms with Gasteiger partial charge in [0.1, 0.15) is 12.1 Å². The topological polar surface area (TPSA) is 99.0 Å². The van der Waals surface area contributed by atoms with E-state index in [9.17, 15) is 8.42 Å². The zero-order valence-electron chi connectivity index (χ0n) is 17.4. The van der Waals surface area contributed by atoms with E-state index < -0.39 is 10.0 Å². The largest absolute Gasteiger partial charge is 0.438 e. The van der Waals surface area contributed by atoms with Gasteiger partial charge in [0.25, 0.3) is 0 Å². The quantitative estimate of drug-likeness (QED) is 0.422. The monoisotopic (exact) mass is 469 g/mol. The van der Waals surface area contributed by atoms with E-state index in [1.807, 2.05) is 18.4 Å². The molecule has 0 amide bonds. The average Bonchev–Trinajstić information content (AvgIpc) is 3.10. The average molecular weight is 470 g/mol. The lowest BCUT2D eigenvalue weighted by molar-refractivity contribution is 0.454. The van der Waals surface area contributed by atoms with E-state index in [1.165, 1.54) is 0 Å². The molecular formula is C22H20ClN5O3S. The first-order valence-corrected chi connectivity index (χ1v) is 11.7. The van der Waals surface area contributed by atoms with Gasteiger partial charge in [-0.2, -0.15) is 0 Å². The normalized spacial score (nSPS) is 11.3. The Bertz CT molecular complexity index is 1320. The predicted octanol–water partition coefficient (Wildman–Crippen LogP) is 4.67. The first kappa shape index (κ1) is 21.8. The van der Waals surface area contributed by atoms with E-state index >= 15 is 0 Å². The van der Waals surface area contributed by atoms with Gasteiger partial charge in [0.2, 0.25) is 15.9 Å². The lowest BCUT2D eigenvalue weighted by Crippen LogP contribution is -2.14. The Morgan fingerprint density at radius 3 is 2.28 bits per heavy atom.